The van der Waals surface area contributed by atoms with E-state index in [1.807, 2.05) is 16.8 Å². The van der Waals surface area contributed by atoms with E-state index in [1.54, 1.807) is 7.05 Å². The van der Waals surface area contributed by atoms with E-state index in [-0.39, 0.29) is 18.8 Å². The molecule has 0 aliphatic carbocycles. The third-order valence-corrected chi connectivity index (χ3v) is 3.54. The third kappa shape index (κ3) is 3.11. The van der Waals surface area contributed by atoms with E-state index in [0.717, 1.165) is 19.4 Å². The van der Waals surface area contributed by atoms with Crippen LogP contribution in [0.3, 0.4) is 0 Å². The fourth-order valence-electron chi connectivity index (χ4n) is 2.44. The van der Waals surface area contributed by atoms with E-state index in [1.165, 1.54) is 4.57 Å². The van der Waals surface area contributed by atoms with E-state index in [0.29, 0.717) is 30.7 Å². The Morgan fingerprint density at radius 2 is 2.00 bits per heavy atom. The van der Waals surface area contributed by atoms with Gasteiger partial charge in [0.25, 0.3) is 5.56 Å². The number of aliphatic hydroxyl groups is 2. The van der Waals surface area contributed by atoms with Crippen molar-refractivity contribution in [3.63, 3.8) is 0 Å². The Balaban J connectivity index is 2.30. The van der Waals surface area contributed by atoms with Crippen LogP contribution in [0, 0.1) is 0 Å². The SMILES string of the molecule is CN1CN(CCCCO)c2nc(NCCO)n(C)c(=O)c21. The van der Waals surface area contributed by atoms with Crippen molar-refractivity contribution in [3.8, 4) is 0 Å². The molecule has 118 valence electrons. The van der Waals surface area contributed by atoms with Crippen molar-refractivity contribution in [3.05, 3.63) is 10.4 Å². The quantitative estimate of drug-likeness (QED) is 0.566. The van der Waals surface area contributed by atoms with E-state index in [2.05, 4.69) is 10.3 Å². The molecule has 1 aliphatic rings. The molecule has 1 aromatic rings. The van der Waals surface area contributed by atoms with Crippen LogP contribution in [0.4, 0.5) is 17.5 Å². The molecule has 0 aromatic carbocycles. The van der Waals surface area contributed by atoms with Gasteiger partial charge in [-0.05, 0) is 12.8 Å². The minimum absolute atomic E-state index is 0.0208. The van der Waals surface area contributed by atoms with Crippen LogP contribution in [0.15, 0.2) is 4.79 Å². The molecule has 1 aromatic heterocycles. The van der Waals surface area contributed by atoms with Gasteiger partial charge in [0.1, 0.15) is 5.69 Å². The summed E-state index contributed by atoms with van der Waals surface area (Å²) < 4.78 is 1.46. The van der Waals surface area contributed by atoms with Gasteiger partial charge in [0.05, 0.1) is 13.3 Å². The molecule has 0 atom stereocenters. The number of aliphatic hydroxyl groups excluding tert-OH is 2. The van der Waals surface area contributed by atoms with E-state index in [9.17, 15) is 4.79 Å². The molecular formula is C13H23N5O3. The van der Waals surface area contributed by atoms with Gasteiger partial charge in [-0.3, -0.25) is 9.36 Å². The highest BCUT2D eigenvalue weighted by molar-refractivity contribution is 5.72. The minimum Gasteiger partial charge on any atom is -0.396 e. The van der Waals surface area contributed by atoms with E-state index >= 15 is 0 Å². The van der Waals surface area contributed by atoms with Crippen LogP contribution in [-0.4, -0.2) is 59.8 Å². The molecule has 21 heavy (non-hydrogen) atoms. The topological polar surface area (TPSA) is 93.9 Å². The van der Waals surface area contributed by atoms with Gasteiger partial charge >= 0.3 is 0 Å². The minimum atomic E-state index is -0.104. The molecule has 1 aliphatic heterocycles. The molecule has 0 saturated carbocycles. The fraction of sp³-hybridized carbons (Fsp3) is 0.692. The maximum Gasteiger partial charge on any atom is 0.280 e. The normalized spacial score (nSPS) is 13.7. The van der Waals surface area contributed by atoms with Gasteiger partial charge < -0.3 is 25.3 Å². The highest BCUT2D eigenvalue weighted by Gasteiger charge is 2.29. The second-order valence-corrected chi connectivity index (χ2v) is 5.16. The van der Waals surface area contributed by atoms with Crippen LogP contribution in [0.5, 0.6) is 0 Å². The molecule has 2 heterocycles. The lowest BCUT2D eigenvalue weighted by molar-refractivity contribution is 0.285. The Kier molecular flexibility index (Phi) is 5.03. The molecule has 0 fully saturated rings. The summed E-state index contributed by atoms with van der Waals surface area (Å²) in [5, 5.41) is 20.7. The second kappa shape index (κ2) is 6.77. The standard InChI is InChI=1S/C13H23N5O3/c1-16-9-18(6-3-4-7-19)11-10(16)12(21)17(2)13(15-11)14-5-8-20/h19-20H,3-9H2,1-2H3,(H,14,15). The monoisotopic (exact) mass is 297 g/mol. The molecule has 8 heteroatoms. The largest absolute Gasteiger partial charge is 0.396 e. The predicted molar refractivity (Wildman–Crippen MR) is 82.0 cm³/mol. The third-order valence-electron chi connectivity index (χ3n) is 3.54. The first-order chi connectivity index (χ1) is 10.1. The number of hydrogen-bond acceptors (Lipinski definition) is 7. The zero-order valence-electron chi connectivity index (χ0n) is 12.5. The number of nitrogens with zero attached hydrogens (tertiary/aromatic N) is 4. The van der Waals surface area contributed by atoms with Crippen molar-refractivity contribution in [2.45, 2.75) is 12.8 Å². The highest BCUT2D eigenvalue weighted by atomic mass is 16.3. The first-order valence-electron chi connectivity index (χ1n) is 7.12. The Hall–Kier alpha value is -1.80. The van der Waals surface area contributed by atoms with Crippen molar-refractivity contribution in [2.24, 2.45) is 7.05 Å². The molecule has 0 spiro atoms. The molecule has 0 unspecified atom stereocenters. The molecule has 0 radical (unpaired) electrons. The first-order valence-corrected chi connectivity index (χ1v) is 7.12. The Bertz CT molecular complexity index is 545. The Labute approximate surface area is 123 Å². The van der Waals surface area contributed by atoms with Crippen molar-refractivity contribution >= 4 is 17.5 Å². The summed E-state index contributed by atoms with van der Waals surface area (Å²) in [6.07, 6.45) is 1.58. The Morgan fingerprint density at radius 1 is 1.24 bits per heavy atom. The average molecular weight is 297 g/mol. The number of hydrogen-bond donors (Lipinski definition) is 3. The molecular weight excluding hydrogens is 274 g/mol. The maximum absolute atomic E-state index is 12.4. The summed E-state index contributed by atoms with van der Waals surface area (Å²) in [5.74, 6) is 1.12. The number of unbranched alkanes of at least 4 members (excludes halogenated alkanes) is 1. The fourth-order valence-corrected chi connectivity index (χ4v) is 2.44. The predicted octanol–water partition coefficient (Wildman–Crippen LogP) is -0.829. The lowest BCUT2D eigenvalue weighted by Gasteiger charge is -2.18. The zero-order valence-corrected chi connectivity index (χ0v) is 12.5. The van der Waals surface area contributed by atoms with Crippen LogP contribution in [0.1, 0.15) is 12.8 Å². The van der Waals surface area contributed by atoms with Gasteiger partial charge in [-0.1, -0.05) is 0 Å². The smallest absolute Gasteiger partial charge is 0.280 e. The van der Waals surface area contributed by atoms with Gasteiger partial charge in [0.15, 0.2) is 5.82 Å². The van der Waals surface area contributed by atoms with Crippen molar-refractivity contribution in [1.82, 2.24) is 9.55 Å². The van der Waals surface area contributed by atoms with Crippen LogP contribution in [-0.2, 0) is 7.05 Å². The van der Waals surface area contributed by atoms with E-state index in [4.69, 9.17) is 10.2 Å². The summed E-state index contributed by atoms with van der Waals surface area (Å²) in [6.45, 7) is 1.86. The molecule has 0 bridgehead atoms. The summed E-state index contributed by atoms with van der Waals surface area (Å²) in [5.41, 5.74) is 0.489. The molecule has 0 saturated heterocycles. The summed E-state index contributed by atoms with van der Waals surface area (Å²) >= 11 is 0. The number of anilines is 3. The molecule has 3 N–H and O–H groups in total. The summed E-state index contributed by atoms with van der Waals surface area (Å²) in [4.78, 5) is 20.9. The van der Waals surface area contributed by atoms with Crippen LogP contribution in [0.2, 0.25) is 0 Å². The van der Waals surface area contributed by atoms with Gasteiger partial charge in [-0.2, -0.15) is 4.98 Å². The summed E-state index contributed by atoms with van der Waals surface area (Å²) in [6, 6.07) is 0. The van der Waals surface area contributed by atoms with Crippen molar-refractivity contribution in [2.75, 3.05) is 55.1 Å². The number of rotatable bonds is 7. The average Bonchev–Trinajstić information content (AvgIpc) is 2.78. The number of nitrogens with one attached hydrogen (secondary N) is 1. The lowest BCUT2D eigenvalue weighted by atomic mass is 10.3. The van der Waals surface area contributed by atoms with Crippen molar-refractivity contribution in [1.29, 1.82) is 0 Å². The first kappa shape index (κ1) is 15.6. The molecule has 8 nitrogen and oxygen atoms in total. The van der Waals surface area contributed by atoms with Crippen LogP contribution >= 0.6 is 0 Å². The van der Waals surface area contributed by atoms with Gasteiger partial charge in [-0.25, -0.2) is 0 Å². The Morgan fingerprint density at radius 3 is 2.67 bits per heavy atom. The molecule has 0 amide bonds. The van der Waals surface area contributed by atoms with Crippen LogP contribution in [0.25, 0.3) is 0 Å². The van der Waals surface area contributed by atoms with Gasteiger partial charge in [0.2, 0.25) is 5.95 Å². The number of fused-ring (bicyclic) bond motifs is 1. The van der Waals surface area contributed by atoms with E-state index < -0.39 is 0 Å². The molecule has 2 rings (SSSR count). The second-order valence-electron chi connectivity index (χ2n) is 5.16. The number of aromatic nitrogens is 2. The zero-order chi connectivity index (χ0) is 15.4. The van der Waals surface area contributed by atoms with Crippen molar-refractivity contribution < 1.29 is 10.2 Å². The van der Waals surface area contributed by atoms with Gasteiger partial charge in [-0.15, -0.1) is 0 Å². The summed E-state index contributed by atoms with van der Waals surface area (Å²) in [7, 11) is 3.53. The van der Waals surface area contributed by atoms with Crippen LogP contribution < -0.4 is 20.7 Å². The lowest BCUT2D eigenvalue weighted by Crippen LogP contribution is -2.30. The highest BCUT2D eigenvalue weighted by Crippen LogP contribution is 2.30. The maximum atomic E-state index is 12.4. The van der Waals surface area contributed by atoms with Gasteiger partial charge in [0, 0.05) is 33.8 Å².